The number of nitrogens with zero attached hydrogens (tertiary/aromatic N) is 1. The Bertz CT molecular complexity index is 166. The van der Waals surface area contributed by atoms with E-state index in [-0.39, 0.29) is 0 Å². The van der Waals surface area contributed by atoms with Crippen molar-refractivity contribution in [3.05, 3.63) is 0 Å². The number of hydrogen-bond donors (Lipinski definition) is 0. The molecule has 0 heterocycles. The lowest BCUT2D eigenvalue weighted by molar-refractivity contribution is 0.263. The van der Waals surface area contributed by atoms with Crippen LogP contribution in [0.1, 0.15) is 61.3 Å². The van der Waals surface area contributed by atoms with Crippen molar-refractivity contribution in [3.8, 4) is 0 Å². The van der Waals surface area contributed by atoms with Gasteiger partial charge in [-0.2, -0.15) is 0 Å². The predicted molar refractivity (Wildman–Crippen MR) is 79.0 cm³/mol. The summed E-state index contributed by atoms with van der Waals surface area (Å²) in [6, 6.07) is 0. The molecule has 0 spiro atoms. The molecule has 0 saturated heterocycles. The Morgan fingerprint density at radius 3 is 1.62 bits per heavy atom. The Balaban J connectivity index is 4.82. The summed E-state index contributed by atoms with van der Waals surface area (Å²) in [5.74, 6) is 0. The zero-order valence-corrected chi connectivity index (χ0v) is 13.7. The van der Waals surface area contributed by atoms with Crippen LogP contribution in [0, 0.1) is 0 Å². The fraction of sp³-hybridized carbons (Fsp3) is 1.00. The molecule has 0 fully saturated rings. The average Bonchev–Trinajstić information content (AvgIpc) is 2.27. The van der Waals surface area contributed by atoms with Gasteiger partial charge in [-0.15, -0.1) is 0 Å². The molecule has 0 saturated carbocycles. The number of rotatable bonds is 8. The summed E-state index contributed by atoms with van der Waals surface area (Å²) in [5, 5.41) is 0. The van der Waals surface area contributed by atoms with Gasteiger partial charge in [-0.1, -0.05) is 60.4 Å². The molecule has 0 aliphatic heterocycles. The molecular formula is C14H33NSi. The lowest BCUT2D eigenvalue weighted by Gasteiger charge is -2.39. The zero-order valence-electron chi connectivity index (χ0n) is 12.6. The molecule has 0 amide bonds. The van der Waals surface area contributed by atoms with Gasteiger partial charge >= 0.3 is 0 Å². The summed E-state index contributed by atoms with van der Waals surface area (Å²) in [4.78, 5) is 2.71. The van der Waals surface area contributed by atoms with Crippen molar-refractivity contribution in [3.63, 3.8) is 0 Å². The molecule has 0 radical (unpaired) electrons. The molecule has 3 unspecified atom stereocenters. The van der Waals surface area contributed by atoms with Crippen LogP contribution < -0.4 is 0 Å². The summed E-state index contributed by atoms with van der Waals surface area (Å²) in [6.45, 7) is 19.2. The second-order valence-corrected chi connectivity index (χ2v) is 9.80. The topological polar surface area (TPSA) is 3.24 Å². The third-order valence-corrected chi connectivity index (χ3v) is 9.32. The van der Waals surface area contributed by atoms with Crippen molar-refractivity contribution in [2.75, 3.05) is 13.1 Å². The highest BCUT2D eigenvalue weighted by Gasteiger charge is 2.31. The van der Waals surface area contributed by atoms with Crippen LogP contribution in [-0.4, -0.2) is 32.5 Å². The lowest BCUT2D eigenvalue weighted by atomic mass is 10.4. The van der Waals surface area contributed by atoms with E-state index in [1.807, 2.05) is 0 Å². The van der Waals surface area contributed by atoms with Crippen LogP contribution >= 0.6 is 0 Å². The van der Waals surface area contributed by atoms with E-state index in [0.29, 0.717) is 0 Å². The van der Waals surface area contributed by atoms with Gasteiger partial charge in [0.2, 0.25) is 0 Å². The summed E-state index contributed by atoms with van der Waals surface area (Å²) in [7, 11) is -0.683. The van der Waals surface area contributed by atoms with Gasteiger partial charge < -0.3 is 4.90 Å². The summed E-state index contributed by atoms with van der Waals surface area (Å²) >= 11 is 0. The first kappa shape index (κ1) is 16.2. The van der Waals surface area contributed by atoms with Crippen LogP contribution in [0.5, 0.6) is 0 Å². The van der Waals surface area contributed by atoms with Crippen molar-refractivity contribution in [2.45, 2.75) is 78.1 Å². The van der Waals surface area contributed by atoms with Crippen LogP contribution in [0.15, 0.2) is 0 Å². The molecule has 0 aliphatic rings. The minimum atomic E-state index is -0.683. The highest BCUT2D eigenvalue weighted by Crippen LogP contribution is 2.29. The first-order valence-corrected chi connectivity index (χ1v) is 9.27. The zero-order chi connectivity index (χ0) is 12.7. The monoisotopic (exact) mass is 243 g/mol. The second-order valence-electron chi connectivity index (χ2n) is 5.40. The van der Waals surface area contributed by atoms with Gasteiger partial charge in [0.15, 0.2) is 0 Å². The van der Waals surface area contributed by atoms with E-state index in [4.69, 9.17) is 0 Å². The normalized spacial score (nSPS) is 17.8. The van der Waals surface area contributed by atoms with Crippen LogP contribution in [0.2, 0.25) is 11.1 Å². The maximum atomic E-state index is 2.71. The van der Waals surface area contributed by atoms with Crippen molar-refractivity contribution in [1.82, 2.24) is 4.90 Å². The fourth-order valence-corrected chi connectivity index (χ4v) is 8.18. The Labute approximate surface area is 105 Å². The van der Waals surface area contributed by atoms with E-state index in [9.17, 15) is 0 Å². The number of hydrogen-bond acceptors (Lipinski definition) is 1. The van der Waals surface area contributed by atoms with E-state index >= 15 is 0 Å². The van der Waals surface area contributed by atoms with Crippen molar-refractivity contribution in [1.29, 1.82) is 0 Å². The SMILES string of the molecule is CCC(C)[SiH](C(C)C)C(CC)N(CC)CC. The van der Waals surface area contributed by atoms with Crippen molar-refractivity contribution < 1.29 is 0 Å². The smallest absolute Gasteiger partial charge is 0.0622 e. The highest BCUT2D eigenvalue weighted by atomic mass is 28.3. The maximum absolute atomic E-state index is 2.71. The fourth-order valence-electron chi connectivity index (χ4n) is 3.22. The van der Waals surface area contributed by atoms with Crippen LogP contribution in [0.25, 0.3) is 0 Å². The largest absolute Gasteiger partial charge is 0.304 e. The van der Waals surface area contributed by atoms with Crippen LogP contribution in [0.4, 0.5) is 0 Å². The lowest BCUT2D eigenvalue weighted by Crippen LogP contribution is -2.49. The maximum Gasteiger partial charge on any atom is 0.0622 e. The molecule has 0 N–H and O–H groups in total. The molecule has 0 aromatic carbocycles. The summed E-state index contributed by atoms with van der Waals surface area (Å²) in [5.41, 5.74) is 2.82. The Morgan fingerprint density at radius 1 is 0.875 bits per heavy atom. The molecule has 1 nitrogen and oxygen atoms in total. The predicted octanol–water partition coefficient (Wildman–Crippen LogP) is 4.08. The van der Waals surface area contributed by atoms with Gasteiger partial charge in [-0.25, -0.2) is 0 Å². The van der Waals surface area contributed by atoms with Crippen molar-refractivity contribution in [2.24, 2.45) is 0 Å². The van der Waals surface area contributed by atoms with Crippen molar-refractivity contribution >= 4 is 8.80 Å². The van der Waals surface area contributed by atoms with E-state index in [1.165, 1.54) is 25.9 Å². The van der Waals surface area contributed by atoms with Crippen LogP contribution in [-0.2, 0) is 0 Å². The minimum absolute atomic E-state index is 0.683. The molecule has 3 atom stereocenters. The molecule has 0 aliphatic carbocycles. The van der Waals surface area contributed by atoms with E-state index in [2.05, 4.69) is 53.4 Å². The quantitative estimate of drug-likeness (QED) is 0.581. The highest BCUT2D eigenvalue weighted by molar-refractivity contribution is 6.63. The van der Waals surface area contributed by atoms with Crippen LogP contribution in [0.3, 0.4) is 0 Å². The van der Waals surface area contributed by atoms with E-state index in [1.54, 1.807) is 0 Å². The summed E-state index contributed by atoms with van der Waals surface area (Å²) in [6.07, 6.45) is 2.72. The Morgan fingerprint density at radius 2 is 1.38 bits per heavy atom. The van der Waals surface area contributed by atoms with E-state index in [0.717, 1.165) is 16.7 Å². The molecule has 0 aromatic heterocycles. The molecule has 0 aromatic rings. The van der Waals surface area contributed by atoms with Gasteiger partial charge in [-0.3, -0.25) is 0 Å². The molecule has 98 valence electrons. The molecular weight excluding hydrogens is 210 g/mol. The Kier molecular flexibility index (Phi) is 8.39. The van der Waals surface area contributed by atoms with Gasteiger partial charge in [0, 0.05) is 5.67 Å². The second kappa shape index (κ2) is 8.29. The van der Waals surface area contributed by atoms with E-state index < -0.39 is 8.80 Å². The summed E-state index contributed by atoms with van der Waals surface area (Å²) < 4.78 is 0. The molecule has 0 bridgehead atoms. The standard InChI is InChI=1S/C14H33NSi/c1-8-13(7)16(12(5)6)14(9-2)15(10-3)11-4/h12-14,16H,8-11H2,1-7H3. The third-order valence-electron chi connectivity index (χ3n) is 4.21. The molecule has 2 heteroatoms. The van der Waals surface area contributed by atoms with Gasteiger partial charge in [0.1, 0.15) is 0 Å². The van der Waals surface area contributed by atoms with Gasteiger partial charge in [-0.05, 0) is 25.1 Å². The van der Waals surface area contributed by atoms with Gasteiger partial charge in [0.25, 0.3) is 0 Å². The Hall–Kier alpha value is 0.177. The first-order valence-electron chi connectivity index (χ1n) is 7.27. The third kappa shape index (κ3) is 4.21. The van der Waals surface area contributed by atoms with Gasteiger partial charge in [0.05, 0.1) is 8.80 Å². The molecule has 16 heavy (non-hydrogen) atoms. The first-order chi connectivity index (χ1) is 7.53. The minimum Gasteiger partial charge on any atom is -0.304 e. The molecule has 0 rings (SSSR count). The average molecular weight is 244 g/mol.